The van der Waals surface area contributed by atoms with Gasteiger partial charge in [-0.25, -0.2) is 0 Å². The molecule has 1 amide bonds. The van der Waals surface area contributed by atoms with E-state index in [9.17, 15) is 14.7 Å². The summed E-state index contributed by atoms with van der Waals surface area (Å²) >= 11 is 6.02. The number of benzene rings is 1. The first kappa shape index (κ1) is 23.2. The zero-order valence-electron chi connectivity index (χ0n) is 18.7. The molecule has 0 spiro atoms. The summed E-state index contributed by atoms with van der Waals surface area (Å²) < 4.78 is 2.73. The second kappa shape index (κ2) is 9.46. The van der Waals surface area contributed by atoms with E-state index in [-0.39, 0.29) is 12.2 Å². The van der Waals surface area contributed by atoms with Crippen molar-refractivity contribution < 1.29 is 9.90 Å². The third kappa shape index (κ3) is 4.85. The molecule has 1 aliphatic rings. The van der Waals surface area contributed by atoms with Crippen LogP contribution >= 0.6 is 11.6 Å². The zero-order chi connectivity index (χ0) is 23.6. The molecule has 4 rings (SSSR count). The number of amides is 1. The third-order valence-corrected chi connectivity index (χ3v) is 6.43. The third-order valence-electron chi connectivity index (χ3n) is 6.17. The van der Waals surface area contributed by atoms with E-state index < -0.39 is 17.0 Å². The number of likely N-dealkylation sites (tertiary alicyclic amines) is 1. The number of carbonyl (C=O) groups is 1. The Hall–Kier alpha value is -3.01. The molecule has 3 heterocycles. The van der Waals surface area contributed by atoms with E-state index in [1.165, 1.54) is 16.9 Å². The number of hydrogen-bond donors (Lipinski definition) is 2. The standard InChI is InChI=1S/C23H27ClN6O3/c1-3-29-10-8-23(15-31,9-11-29)26-21(32)19-12-20(16-4-6-17(24)7-5-16)27-30(22(19)33)18-13-25-28(2)14-18/h4-7,12-14,31H,3,8-11,15H2,1-2H3,(H,26,32). The van der Waals surface area contributed by atoms with Crippen molar-refractivity contribution in [2.45, 2.75) is 25.3 Å². The number of nitrogens with one attached hydrogen (secondary N) is 1. The lowest BCUT2D eigenvalue weighted by molar-refractivity contribution is 0.0627. The van der Waals surface area contributed by atoms with Crippen molar-refractivity contribution in [1.29, 1.82) is 0 Å². The molecule has 0 atom stereocenters. The van der Waals surface area contributed by atoms with Gasteiger partial charge in [0, 0.05) is 30.7 Å². The molecule has 0 bridgehead atoms. The minimum absolute atomic E-state index is 0.0513. The molecular weight excluding hydrogens is 444 g/mol. The van der Waals surface area contributed by atoms with Crippen LogP contribution in [0.4, 0.5) is 0 Å². The molecule has 1 fully saturated rings. The van der Waals surface area contributed by atoms with Crippen LogP contribution in [0.25, 0.3) is 16.9 Å². The Balaban J connectivity index is 1.75. The molecule has 10 heteroatoms. The van der Waals surface area contributed by atoms with Gasteiger partial charge in [0.25, 0.3) is 11.5 Å². The van der Waals surface area contributed by atoms with Crippen molar-refractivity contribution in [1.82, 2.24) is 29.8 Å². The van der Waals surface area contributed by atoms with Gasteiger partial charge in [-0.3, -0.25) is 14.3 Å². The summed E-state index contributed by atoms with van der Waals surface area (Å²) in [6.07, 6.45) is 4.37. The second-order valence-electron chi connectivity index (χ2n) is 8.37. The molecule has 33 heavy (non-hydrogen) atoms. The monoisotopic (exact) mass is 470 g/mol. The summed E-state index contributed by atoms with van der Waals surface area (Å²) in [4.78, 5) is 28.9. The van der Waals surface area contributed by atoms with Crippen LogP contribution in [0.3, 0.4) is 0 Å². The van der Waals surface area contributed by atoms with Gasteiger partial charge in [0.15, 0.2) is 0 Å². The lowest BCUT2D eigenvalue weighted by atomic mass is 9.88. The maximum atomic E-state index is 13.4. The molecule has 0 unspecified atom stereocenters. The molecule has 2 aromatic heterocycles. The fourth-order valence-corrected chi connectivity index (χ4v) is 4.17. The topological polar surface area (TPSA) is 105 Å². The van der Waals surface area contributed by atoms with Crippen LogP contribution < -0.4 is 10.9 Å². The van der Waals surface area contributed by atoms with Gasteiger partial charge < -0.3 is 15.3 Å². The summed E-state index contributed by atoms with van der Waals surface area (Å²) in [6.45, 7) is 4.34. The molecule has 3 aromatic rings. The van der Waals surface area contributed by atoms with E-state index in [0.717, 1.165) is 19.6 Å². The number of aliphatic hydroxyl groups excluding tert-OH is 1. The Morgan fingerprint density at radius 2 is 1.94 bits per heavy atom. The first-order valence-electron chi connectivity index (χ1n) is 10.9. The average Bonchev–Trinajstić information content (AvgIpc) is 3.26. The highest BCUT2D eigenvalue weighted by Crippen LogP contribution is 2.24. The number of halogens is 1. The van der Waals surface area contributed by atoms with Crippen molar-refractivity contribution in [3.63, 3.8) is 0 Å². The molecule has 0 saturated carbocycles. The fourth-order valence-electron chi connectivity index (χ4n) is 4.04. The van der Waals surface area contributed by atoms with Gasteiger partial charge in [0.05, 0.1) is 30.2 Å². The van der Waals surface area contributed by atoms with Gasteiger partial charge >= 0.3 is 0 Å². The summed E-state index contributed by atoms with van der Waals surface area (Å²) in [5.41, 5.74) is 0.221. The first-order valence-corrected chi connectivity index (χ1v) is 11.3. The average molecular weight is 471 g/mol. The van der Waals surface area contributed by atoms with Crippen LogP contribution in [0.1, 0.15) is 30.1 Å². The number of piperidine rings is 1. The lowest BCUT2D eigenvalue weighted by Gasteiger charge is -2.40. The minimum atomic E-state index is -0.766. The van der Waals surface area contributed by atoms with E-state index in [2.05, 4.69) is 27.3 Å². The predicted octanol–water partition coefficient (Wildman–Crippen LogP) is 1.86. The molecular formula is C23H27ClN6O3. The summed E-state index contributed by atoms with van der Waals surface area (Å²) in [7, 11) is 1.73. The van der Waals surface area contributed by atoms with E-state index in [0.29, 0.717) is 34.8 Å². The van der Waals surface area contributed by atoms with Gasteiger partial charge in [-0.05, 0) is 37.6 Å². The number of carbonyl (C=O) groups excluding carboxylic acids is 1. The number of aliphatic hydroxyl groups is 1. The van der Waals surface area contributed by atoms with Crippen LogP contribution in [0.15, 0.2) is 47.5 Å². The van der Waals surface area contributed by atoms with Gasteiger partial charge in [0.1, 0.15) is 11.3 Å². The molecule has 174 valence electrons. The van der Waals surface area contributed by atoms with Gasteiger partial charge in [-0.2, -0.15) is 14.9 Å². The Morgan fingerprint density at radius 1 is 1.24 bits per heavy atom. The second-order valence-corrected chi connectivity index (χ2v) is 8.80. The van der Waals surface area contributed by atoms with Gasteiger partial charge in [-0.15, -0.1) is 0 Å². The highest BCUT2D eigenvalue weighted by atomic mass is 35.5. The van der Waals surface area contributed by atoms with Crippen LogP contribution in [0.2, 0.25) is 5.02 Å². The highest BCUT2D eigenvalue weighted by Gasteiger charge is 2.36. The van der Waals surface area contributed by atoms with Crippen LogP contribution in [-0.2, 0) is 7.05 Å². The number of aryl methyl sites for hydroxylation is 1. The number of hydrogen-bond acceptors (Lipinski definition) is 6. The van der Waals surface area contributed by atoms with Crippen molar-refractivity contribution in [2.24, 2.45) is 7.05 Å². The predicted molar refractivity (Wildman–Crippen MR) is 126 cm³/mol. The molecule has 9 nitrogen and oxygen atoms in total. The quantitative estimate of drug-likeness (QED) is 0.569. The first-order chi connectivity index (χ1) is 15.8. The van der Waals surface area contributed by atoms with Crippen molar-refractivity contribution in [3.05, 3.63) is 63.7 Å². The summed E-state index contributed by atoms with van der Waals surface area (Å²) in [6, 6.07) is 8.49. The largest absolute Gasteiger partial charge is 0.394 e. The van der Waals surface area contributed by atoms with Crippen LogP contribution in [-0.4, -0.2) is 67.3 Å². The van der Waals surface area contributed by atoms with Crippen LogP contribution in [0.5, 0.6) is 0 Å². The van der Waals surface area contributed by atoms with E-state index in [1.807, 2.05) is 0 Å². The van der Waals surface area contributed by atoms with Crippen molar-refractivity contribution in [2.75, 3.05) is 26.2 Å². The Labute approximate surface area is 196 Å². The normalized spacial score (nSPS) is 16.0. The summed E-state index contributed by atoms with van der Waals surface area (Å²) in [5, 5.41) is 22.2. The summed E-state index contributed by atoms with van der Waals surface area (Å²) in [5.74, 6) is -0.533. The number of aromatic nitrogens is 4. The zero-order valence-corrected chi connectivity index (χ0v) is 19.4. The van der Waals surface area contributed by atoms with Crippen molar-refractivity contribution in [3.8, 4) is 16.9 Å². The molecule has 1 saturated heterocycles. The molecule has 0 aliphatic carbocycles. The van der Waals surface area contributed by atoms with Crippen molar-refractivity contribution >= 4 is 17.5 Å². The maximum Gasteiger partial charge on any atom is 0.284 e. The maximum absolute atomic E-state index is 13.4. The minimum Gasteiger partial charge on any atom is -0.394 e. The van der Waals surface area contributed by atoms with E-state index in [4.69, 9.17) is 11.6 Å². The number of rotatable bonds is 6. The Kier molecular flexibility index (Phi) is 6.64. The highest BCUT2D eigenvalue weighted by molar-refractivity contribution is 6.30. The number of nitrogens with zero attached hydrogens (tertiary/aromatic N) is 5. The lowest BCUT2D eigenvalue weighted by Crippen LogP contribution is -2.58. The molecule has 2 N–H and O–H groups in total. The Morgan fingerprint density at radius 3 is 2.52 bits per heavy atom. The SMILES string of the molecule is CCN1CCC(CO)(NC(=O)c2cc(-c3ccc(Cl)cc3)nn(-c3cnn(C)c3)c2=O)CC1. The van der Waals surface area contributed by atoms with Crippen LogP contribution in [0, 0.1) is 0 Å². The molecule has 1 aromatic carbocycles. The smallest absolute Gasteiger partial charge is 0.284 e. The Bertz CT molecular complexity index is 1200. The van der Waals surface area contributed by atoms with Gasteiger partial charge in [0.2, 0.25) is 0 Å². The fraction of sp³-hybridized carbons (Fsp3) is 0.391. The van der Waals surface area contributed by atoms with E-state index in [1.54, 1.807) is 42.2 Å². The van der Waals surface area contributed by atoms with Gasteiger partial charge in [-0.1, -0.05) is 30.7 Å². The molecule has 0 radical (unpaired) electrons. The molecule has 1 aliphatic heterocycles. The van der Waals surface area contributed by atoms with E-state index >= 15 is 0 Å².